The number of aliphatic hydroxyl groups is 1. The van der Waals surface area contributed by atoms with Crippen molar-refractivity contribution in [1.82, 2.24) is 0 Å². The maximum atomic E-state index is 13.0. The number of hydrogen-bond donors (Lipinski definition) is 1. The third-order valence-electron chi connectivity index (χ3n) is 5.08. The second-order valence-corrected chi connectivity index (χ2v) is 6.14. The molecule has 1 atom stereocenters. The number of methoxy groups -OCH3 is 1. The van der Waals surface area contributed by atoms with Crippen LogP contribution in [-0.4, -0.2) is 29.4 Å². The van der Waals surface area contributed by atoms with Gasteiger partial charge in [0.2, 0.25) is 5.78 Å². The van der Waals surface area contributed by atoms with Crippen molar-refractivity contribution in [2.75, 3.05) is 7.11 Å². The highest BCUT2D eigenvalue weighted by Crippen LogP contribution is 2.47. The summed E-state index contributed by atoms with van der Waals surface area (Å²) in [5, 5.41) is 11.2. The predicted octanol–water partition coefficient (Wildman–Crippen LogP) is 2.78. The van der Waals surface area contributed by atoms with Crippen LogP contribution in [0.15, 0.2) is 52.6 Å². The Kier molecular flexibility index (Phi) is 2.78. The van der Waals surface area contributed by atoms with Crippen LogP contribution >= 0.6 is 0 Å². The number of ether oxygens (including phenoxy) is 1. The Morgan fingerprint density at radius 3 is 2.74 bits per heavy atom. The van der Waals surface area contributed by atoms with E-state index in [1.54, 1.807) is 25.1 Å². The minimum absolute atomic E-state index is 0.162. The molecule has 0 unspecified atom stereocenters. The topological polar surface area (TPSA) is 63.6 Å². The van der Waals surface area contributed by atoms with E-state index < -0.39 is 11.4 Å². The van der Waals surface area contributed by atoms with Gasteiger partial charge in [0.1, 0.15) is 5.75 Å². The molecule has 0 aliphatic heterocycles. The average Bonchev–Trinajstić information content (AvgIpc) is 3.03. The second-order valence-electron chi connectivity index (χ2n) is 6.14. The summed E-state index contributed by atoms with van der Waals surface area (Å²) in [5.41, 5.74) is 1.36. The van der Waals surface area contributed by atoms with E-state index >= 15 is 0 Å². The van der Waals surface area contributed by atoms with Gasteiger partial charge >= 0.3 is 0 Å². The molecule has 3 aliphatic rings. The van der Waals surface area contributed by atoms with Gasteiger partial charge in [-0.3, -0.25) is 9.59 Å². The normalized spacial score (nSPS) is 25.5. The zero-order chi connectivity index (χ0) is 16.4. The van der Waals surface area contributed by atoms with Crippen molar-refractivity contribution >= 4 is 11.6 Å². The fourth-order valence-electron chi connectivity index (χ4n) is 3.77. The number of ketones is 2. The lowest BCUT2D eigenvalue weighted by atomic mass is 9.67. The van der Waals surface area contributed by atoms with Crippen molar-refractivity contribution in [2.45, 2.75) is 25.4 Å². The first-order valence-corrected chi connectivity index (χ1v) is 7.61. The van der Waals surface area contributed by atoms with Crippen LogP contribution in [0.2, 0.25) is 0 Å². The Bertz CT molecular complexity index is 869. The Balaban J connectivity index is 2.01. The van der Waals surface area contributed by atoms with Crippen molar-refractivity contribution in [3.63, 3.8) is 0 Å². The number of Topliss-reactive ketones (excluding diaryl/α,β-unsaturated/α-hetero) is 2. The molecule has 0 bridgehead atoms. The molecule has 0 radical (unpaired) electrons. The molecule has 23 heavy (non-hydrogen) atoms. The van der Waals surface area contributed by atoms with Crippen molar-refractivity contribution in [3.05, 3.63) is 63.8 Å². The van der Waals surface area contributed by atoms with Crippen LogP contribution in [0.4, 0.5) is 0 Å². The van der Waals surface area contributed by atoms with E-state index in [-0.39, 0.29) is 16.9 Å². The van der Waals surface area contributed by atoms with E-state index in [1.165, 1.54) is 13.2 Å². The van der Waals surface area contributed by atoms with E-state index in [0.717, 1.165) is 24.0 Å². The summed E-state index contributed by atoms with van der Waals surface area (Å²) < 4.78 is 5.15. The summed E-state index contributed by atoms with van der Waals surface area (Å²) in [4.78, 5) is 25.9. The van der Waals surface area contributed by atoms with Crippen molar-refractivity contribution in [3.8, 4) is 5.75 Å². The van der Waals surface area contributed by atoms with Gasteiger partial charge in [0, 0.05) is 16.7 Å². The van der Waals surface area contributed by atoms with Crippen LogP contribution in [0.3, 0.4) is 0 Å². The monoisotopic (exact) mass is 308 g/mol. The molecule has 1 aromatic carbocycles. The fraction of sp³-hybridized carbons (Fsp3) is 0.263. The summed E-state index contributed by atoms with van der Waals surface area (Å²) >= 11 is 0. The van der Waals surface area contributed by atoms with E-state index in [4.69, 9.17) is 4.74 Å². The lowest BCUT2D eigenvalue weighted by Crippen LogP contribution is -2.50. The highest BCUT2D eigenvalue weighted by molar-refractivity contribution is 6.28. The zero-order valence-electron chi connectivity index (χ0n) is 13.0. The Labute approximate surface area is 133 Å². The largest absolute Gasteiger partial charge is 0.497 e. The predicted molar refractivity (Wildman–Crippen MR) is 84.7 cm³/mol. The van der Waals surface area contributed by atoms with Gasteiger partial charge in [-0.05, 0) is 60.8 Å². The molecule has 0 amide bonds. The number of carbonyl (C=O) groups is 2. The zero-order valence-corrected chi connectivity index (χ0v) is 13.0. The summed E-state index contributed by atoms with van der Waals surface area (Å²) in [5.74, 6) is -0.257. The molecule has 4 heteroatoms. The van der Waals surface area contributed by atoms with Crippen molar-refractivity contribution in [2.24, 2.45) is 0 Å². The highest BCUT2D eigenvalue weighted by atomic mass is 16.5. The molecular weight excluding hydrogens is 292 g/mol. The number of fused-ring (bicyclic) bond motifs is 3. The summed E-state index contributed by atoms with van der Waals surface area (Å²) in [7, 11) is 1.50. The molecule has 0 spiro atoms. The Morgan fingerprint density at radius 2 is 2.00 bits per heavy atom. The molecular formula is C19H16O4. The minimum Gasteiger partial charge on any atom is -0.497 e. The number of hydrogen-bond acceptors (Lipinski definition) is 4. The second kappa shape index (κ2) is 4.52. The highest BCUT2D eigenvalue weighted by Gasteiger charge is 2.52. The van der Waals surface area contributed by atoms with E-state index in [1.807, 2.05) is 6.08 Å². The summed E-state index contributed by atoms with van der Waals surface area (Å²) in [6, 6.07) is 4.77. The van der Waals surface area contributed by atoms with Crippen LogP contribution in [0.25, 0.3) is 0 Å². The van der Waals surface area contributed by atoms with Gasteiger partial charge in [-0.1, -0.05) is 6.08 Å². The molecule has 0 saturated carbocycles. The first kappa shape index (κ1) is 14.2. The van der Waals surface area contributed by atoms with Gasteiger partial charge in [-0.15, -0.1) is 0 Å². The van der Waals surface area contributed by atoms with Crippen molar-refractivity contribution < 1.29 is 19.4 Å². The van der Waals surface area contributed by atoms with Crippen LogP contribution in [0.1, 0.15) is 40.5 Å². The minimum atomic E-state index is -1.85. The van der Waals surface area contributed by atoms with Gasteiger partial charge in [-0.2, -0.15) is 0 Å². The van der Waals surface area contributed by atoms with E-state index in [0.29, 0.717) is 16.9 Å². The van der Waals surface area contributed by atoms with Gasteiger partial charge in [0.25, 0.3) is 0 Å². The van der Waals surface area contributed by atoms with Gasteiger partial charge in [0.05, 0.1) is 7.11 Å². The summed E-state index contributed by atoms with van der Waals surface area (Å²) in [6.45, 7) is 1.75. The van der Waals surface area contributed by atoms with Crippen LogP contribution < -0.4 is 4.74 Å². The maximum Gasteiger partial charge on any atom is 0.204 e. The van der Waals surface area contributed by atoms with E-state index in [2.05, 4.69) is 0 Å². The molecule has 116 valence electrons. The molecule has 3 aliphatic carbocycles. The first-order valence-electron chi connectivity index (χ1n) is 7.61. The van der Waals surface area contributed by atoms with Gasteiger partial charge in [0.15, 0.2) is 11.4 Å². The number of rotatable bonds is 1. The quantitative estimate of drug-likeness (QED) is 0.866. The number of benzene rings is 1. The smallest absolute Gasteiger partial charge is 0.204 e. The fourth-order valence-corrected chi connectivity index (χ4v) is 3.77. The van der Waals surface area contributed by atoms with E-state index in [9.17, 15) is 14.7 Å². The molecule has 1 aromatic rings. The maximum absolute atomic E-state index is 13.0. The first-order chi connectivity index (χ1) is 11.0. The molecule has 0 fully saturated rings. The Hall–Kier alpha value is -2.46. The standard InChI is InChI=1S/C19H16O4/c1-10-13-5-3-4-11(13)8-16-17(20)14-7-6-12(23-2)9-15(14)18(21)19(10,16)22/h4,6-9,22H,3,5H2,1-2H3/t19-/m0/s1. The molecule has 4 nitrogen and oxygen atoms in total. The third kappa shape index (κ3) is 1.64. The lowest BCUT2D eigenvalue weighted by molar-refractivity contribution is 0.0552. The van der Waals surface area contributed by atoms with Crippen LogP contribution in [0, 0.1) is 0 Å². The van der Waals surface area contributed by atoms with Crippen LogP contribution in [-0.2, 0) is 0 Å². The average molecular weight is 308 g/mol. The van der Waals surface area contributed by atoms with Gasteiger partial charge < -0.3 is 9.84 Å². The SMILES string of the molecule is COc1ccc2c(c1)C(=O)[C@@]1(O)C(=CC3=CCCC3=C1C)C2=O. The van der Waals surface area contributed by atoms with Crippen LogP contribution in [0.5, 0.6) is 5.75 Å². The van der Waals surface area contributed by atoms with Crippen molar-refractivity contribution in [1.29, 1.82) is 0 Å². The molecule has 4 rings (SSSR count). The molecule has 0 saturated heterocycles. The Morgan fingerprint density at radius 1 is 1.22 bits per heavy atom. The number of allylic oxidation sites excluding steroid dienone is 4. The number of carbonyl (C=O) groups excluding carboxylic acids is 2. The third-order valence-corrected chi connectivity index (χ3v) is 5.08. The lowest BCUT2D eigenvalue weighted by Gasteiger charge is -2.38. The molecule has 0 heterocycles. The summed E-state index contributed by atoms with van der Waals surface area (Å²) in [6.07, 6.45) is 5.39. The molecule has 1 N–H and O–H groups in total. The van der Waals surface area contributed by atoms with Gasteiger partial charge in [-0.25, -0.2) is 0 Å². The molecule has 0 aromatic heterocycles.